The first kappa shape index (κ1) is 10.8. The first-order chi connectivity index (χ1) is 7.80. The number of benzene rings is 1. The number of nitriles is 1. The summed E-state index contributed by atoms with van der Waals surface area (Å²) in [6.07, 6.45) is 1.98. The Morgan fingerprint density at radius 2 is 2.12 bits per heavy atom. The van der Waals surface area contributed by atoms with Crippen molar-refractivity contribution in [2.24, 2.45) is 0 Å². The molecule has 3 nitrogen and oxygen atoms in total. The fraction of sp³-hybridized carbons (Fsp3) is 0.167. The lowest BCUT2D eigenvalue weighted by atomic mass is 10.1. The third-order valence-electron chi connectivity index (χ3n) is 2.35. The molecule has 2 rings (SSSR count). The van der Waals surface area contributed by atoms with Crippen LogP contribution in [0.3, 0.4) is 0 Å². The number of fused-ring (bicyclic) bond motifs is 1. The molecule has 0 atom stereocenters. The smallest absolute Gasteiger partial charge is 0.137 e. The third kappa shape index (κ3) is 1.70. The summed E-state index contributed by atoms with van der Waals surface area (Å²) in [5.41, 5.74) is 1.37. The maximum atomic E-state index is 9.11. The van der Waals surface area contributed by atoms with Crippen LogP contribution in [0, 0.1) is 11.3 Å². The van der Waals surface area contributed by atoms with Gasteiger partial charge in [-0.25, -0.2) is 4.98 Å². The topological polar surface area (TPSA) is 45.9 Å². The molecule has 0 spiro atoms. The standard InChI is InChI=1S/C12H10N2OS/c1-15-11-5-4-10-8(9(11)7-13)3-6-12(14-10)16-2/h3-6H,1-2H3. The van der Waals surface area contributed by atoms with Crippen LogP contribution in [0.4, 0.5) is 0 Å². The maximum absolute atomic E-state index is 9.11. The molecule has 0 amide bonds. The highest BCUT2D eigenvalue weighted by molar-refractivity contribution is 7.98. The molecular formula is C12H10N2OS. The molecule has 0 aliphatic rings. The number of hydrogen-bond donors (Lipinski definition) is 0. The van der Waals surface area contributed by atoms with E-state index in [1.807, 2.05) is 24.5 Å². The van der Waals surface area contributed by atoms with Gasteiger partial charge in [-0.1, -0.05) is 0 Å². The Kier molecular flexibility index (Phi) is 2.97. The van der Waals surface area contributed by atoms with E-state index in [2.05, 4.69) is 11.1 Å². The van der Waals surface area contributed by atoms with Crippen LogP contribution in [0.15, 0.2) is 29.3 Å². The van der Waals surface area contributed by atoms with Crippen LogP contribution in [0.25, 0.3) is 10.9 Å². The van der Waals surface area contributed by atoms with E-state index >= 15 is 0 Å². The van der Waals surface area contributed by atoms with E-state index in [1.165, 1.54) is 0 Å². The summed E-state index contributed by atoms with van der Waals surface area (Å²) in [5, 5.41) is 10.9. The maximum Gasteiger partial charge on any atom is 0.137 e. The lowest BCUT2D eigenvalue weighted by Crippen LogP contribution is -1.91. The van der Waals surface area contributed by atoms with Crippen molar-refractivity contribution in [1.82, 2.24) is 4.98 Å². The van der Waals surface area contributed by atoms with Crippen LogP contribution in [0.1, 0.15) is 5.56 Å². The first-order valence-corrected chi connectivity index (χ1v) is 5.94. The number of hydrogen-bond acceptors (Lipinski definition) is 4. The molecule has 4 heteroatoms. The van der Waals surface area contributed by atoms with Gasteiger partial charge in [0.2, 0.25) is 0 Å². The van der Waals surface area contributed by atoms with E-state index in [1.54, 1.807) is 24.9 Å². The molecule has 0 aliphatic carbocycles. The Bertz CT molecular complexity index is 575. The highest BCUT2D eigenvalue weighted by atomic mass is 32.2. The lowest BCUT2D eigenvalue weighted by Gasteiger charge is -2.06. The number of methoxy groups -OCH3 is 1. The molecule has 0 saturated carbocycles. The van der Waals surface area contributed by atoms with Gasteiger partial charge in [-0.2, -0.15) is 5.26 Å². The molecule has 1 heterocycles. The molecular weight excluding hydrogens is 220 g/mol. The Hall–Kier alpha value is -1.73. The van der Waals surface area contributed by atoms with Gasteiger partial charge in [0.05, 0.1) is 17.7 Å². The Labute approximate surface area is 98.1 Å². The molecule has 1 aromatic heterocycles. The van der Waals surface area contributed by atoms with Gasteiger partial charge in [0.15, 0.2) is 0 Å². The van der Waals surface area contributed by atoms with Gasteiger partial charge < -0.3 is 4.74 Å². The lowest BCUT2D eigenvalue weighted by molar-refractivity contribution is 0.414. The SMILES string of the molecule is COc1ccc2nc(SC)ccc2c1C#N. The van der Waals surface area contributed by atoms with Crippen molar-refractivity contribution in [3.05, 3.63) is 29.8 Å². The summed E-state index contributed by atoms with van der Waals surface area (Å²) >= 11 is 1.58. The van der Waals surface area contributed by atoms with E-state index in [0.29, 0.717) is 11.3 Å². The molecule has 16 heavy (non-hydrogen) atoms. The van der Waals surface area contributed by atoms with Crippen LogP contribution in [-0.4, -0.2) is 18.3 Å². The largest absolute Gasteiger partial charge is 0.495 e. The molecule has 80 valence electrons. The highest BCUT2D eigenvalue weighted by Crippen LogP contribution is 2.27. The molecule has 0 N–H and O–H groups in total. The van der Waals surface area contributed by atoms with E-state index in [4.69, 9.17) is 10.00 Å². The van der Waals surface area contributed by atoms with Crippen LogP contribution < -0.4 is 4.74 Å². The summed E-state index contributed by atoms with van der Waals surface area (Å²) in [6.45, 7) is 0. The minimum Gasteiger partial charge on any atom is -0.495 e. The predicted molar refractivity (Wildman–Crippen MR) is 64.8 cm³/mol. The monoisotopic (exact) mass is 230 g/mol. The second-order valence-corrected chi connectivity index (χ2v) is 4.00. The Morgan fingerprint density at radius 3 is 2.75 bits per heavy atom. The quantitative estimate of drug-likeness (QED) is 0.744. The number of thioether (sulfide) groups is 1. The number of nitrogens with zero attached hydrogens (tertiary/aromatic N) is 2. The summed E-state index contributed by atoms with van der Waals surface area (Å²) < 4.78 is 5.15. The zero-order valence-electron chi connectivity index (χ0n) is 9.02. The van der Waals surface area contributed by atoms with Crippen LogP contribution in [0.5, 0.6) is 5.75 Å². The van der Waals surface area contributed by atoms with Crippen molar-refractivity contribution in [3.8, 4) is 11.8 Å². The second-order valence-electron chi connectivity index (χ2n) is 3.17. The van der Waals surface area contributed by atoms with Gasteiger partial charge >= 0.3 is 0 Å². The van der Waals surface area contributed by atoms with Crippen LogP contribution in [-0.2, 0) is 0 Å². The zero-order chi connectivity index (χ0) is 11.5. The summed E-state index contributed by atoms with van der Waals surface area (Å²) in [7, 11) is 1.56. The minimum absolute atomic E-state index is 0.542. The normalized spacial score (nSPS) is 10.1. The van der Waals surface area contributed by atoms with E-state index < -0.39 is 0 Å². The molecule has 1 aromatic carbocycles. The number of aromatic nitrogens is 1. The van der Waals surface area contributed by atoms with Gasteiger partial charge in [0, 0.05) is 5.39 Å². The second kappa shape index (κ2) is 4.42. The fourth-order valence-electron chi connectivity index (χ4n) is 1.56. The average Bonchev–Trinajstić information content (AvgIpc) is 2.36. The molecule has 2 aromatic rings. The Morgan fingerprint density at radius 1 is 1.31 bits per heavy atom. The molecule has 0 saturated heterocycles. The molecule has 0 unspecified atom stereocenters. The molecule has 0 aliphatic heterocycles. The van der Waals surface area contributed by atoms with Crippen molar-refractivity contribution >= 4 is 22.7 Å². The van der Waals surface area contributed by atoms with Crippen molar-refractivity contribution in [2.75, 3.05) is 13.4 Å². The third-order valence-corrected chi connectivity index (χ3v) is 2.99. The average molecular weight is 230 g/mol. The summed E-state index contributed by atoms with van der Waals surface area (Å²) in [4.78, 5) is 4.43. The first-order valence-electron chi connectivity index (χ1n) is 4.72. The van der Waals surface area contributed by atoms with Crippen molar-refractivity contribution in [1.29, 1.82) is 5.26 Å². The number of pyridine rings is 1. The number of rotatable bonds is 2. The number of ether oxygens (including phenoxy) is 1. The van der Waals surface area contributed by atoms with Crippen LogP contribution in [0.2, 0.25) is 0 Å². The van der Waals surface area contributed by atoms with E-state index in [9.17, 15) is 0 Å². The zero-order valence-corrected chi connectivity index (χ0v) is 9.84. The highest BCUT2D eigenvalue weighted by Gasteiger charge is 2.08. The summed E-state index contributed by atoms with van der Waals surface area (Å²) in [6, 6.07) is 9.62. The Balaban J connectivity index is 2.75. The molecule has 0 fully saturated rings. The van der Waals surface area contributed by atoms with Gasteiger partial charge in [-0.05, 0) is 30.5 Å². The fourth-order valence-corrected chi connectivity index (χ4v) is 1.96. The van der Waals surface area contributed by atoms with Crippen LogP contribution >= 0.6 is 11.8 Å². The van der Waals surface area contributed by atoms with Crippen molar-refractivity contribution in [3.63, 3.8) is 0 Å². The molecule has 0 bridgehead atoms. The van der Waals surface area contributed by atoms with Gasteiger partial charge in [-0.3, -0.25) is 0 Å². The van der Waals surface area contributed by atoms with Crippen molar-refractivity contribution < 1.29 is 4.74 Å². The van der Waals surface area contributed by atoms with Gasteiger partial charge in [-0.15, -0.1) is 11.8 Å². The van der Waals surface area contributed by atoms with Gasteiger partial charge in [0.25, 0.3) is 0 Å². The summed E-state index contributed by atoms with van der Waals surface area (Å²) in [5.74, 6) is 0.591. The van der Waals surface area contributed by atoms with E-state index in [-0.39, 0.29) is 0 Å². The minimum atomic E-state index is 0.542. The van der Waals surface area contributed by atoms with Crippen molar-refractivity contribution in [2.45, 2.75) is 5.03 Å². The predicted octanol–water partition coefficient (Wildman–Crippen LogP) is 2.84. The molecule has 0 radical (unpaired) electrons. The van der Waals surface area contributed by atoms with E-state index in [0.717, 1.165) is 15.9 Å². The van der Waals surface area contributed by atoms with Gasteiger partial charge in [0.1, 0.15) is 17.4 Å².